The van der Waals surface area contributed by atoms with Crippen molar-refractivity contribution in [2.45, 2.75) is 19.4 Å². The van der Waals surface area contributed by atoms with Gasteiger partial charge in [0, 0.05) is 37.3 Å². The minimum atomic E-state index is 0.0499. The first-order valence-electron chi connectivity index (χ1n) is 8.29. The first-order valence-corrected chi connectivity index (χ1v) is 8.29. The molecule has 24 heavy (non-hydrogen) atoms. The standard InChI is InChI=1S/C19H22N2O3/c1-2-23-19-8-7-16(12-21-19)17(22)11-14-3-5-15(6-4-14)18-13-20-9-10-24-18/h3-8,12,18,20H,2,9-11,13H2,1H3/t18-/m1/s1. The molecule has 3 rings (SSSR count). The lowest BCUT2D eigenvalue weighted by Crippen LogP contribution is -2.33. The molecule has 0 amide bonds. The van der Waals surface area contributed by atoms with E-state index in [4.69, 9.17) is 9.47 Å². The van der Waals surface area contributed by atoms with Gasteiger partial charge in [-0.05, 0) is 24.1 Å². The Bertz CT molecular complexity index is 662. The third-order valence-electron chi connectivity index (χ3n) is 3.99. The predicted molar refractivity (Wildman–Crippen MR) is 91.4 cm³/mol. The van der Waals surface area contributed by atoms with Crippen molar-refractivity contribution in [1.29, 1.82) is 0 Å². The van der Waals surface area contributed by atoms with Crippen LogP contribution in [0.25, 0.3) is 0 Å². The van der Waals surface area contributed by atoms with E-state index in [1.165, 1.54) is 0 Å². The smallest absolute Gasteiger partial charge is 0.213 e. The number of hydrogen-bond acceptors (Lipinski definition) is 5. The molecular weight excluding hydrogens is 304 g/mol. The van der Waals surface area contributed by atoms with Gasteiger partial charge in [0.1, 0.15) is 0 Å². The van der Waals surface area contributed by atoms with Crippen LogP contribution >= 0.6 is 0 Å². The molecule has 0 aliphatic carbocycles. The Kier molecular flexibility index (Phi) is 5.56. The average molecular weight is 326 g/mol. The molecule has 0 radical (unpaired) electrons. The van der Waals surface area contributed by atoms with E-state index < -0.39 is 0 Å². The van der Waals surface area contributed by atoms with Crippen LogP contribution in [0.1, 0.15) is 34.5 Å². The van der Waals surface area contributed by atoms with Gasteiger partial charge >= 0.3 is 0 Å². The van der Waals surface area contributed by atoms with Gasteiger partial charge in [0.25, 0.3) is 0 Å². The van der Waals surface area contributed by atoms with Gasteiger partial charge in [-0.3, -0.25) is 4.79 Å². The summed E-state index contributed by atoms with van der Waals surface area (Å²) in [7, 11) is 0. The summed E-state index contributed by atoms with van der Waals surface area (Å²) in [6.07, 6.45) is 2.03. The zero-order chi connectivity index (χ0) is 16.8. The number of hydrogen-bond donors (Lipinski definition) is 1. The second-order valence-electron chi connectivity index (χ2n) is 5.72. The molecule has 0 spiro atoms. The predicted octanol–water partition coefficient (Wildman–Crippen LogP) is 2.57. The zero-order valence-electron chi connectivity index (χ0n) is 13.8. The molecule has 126 valence electrons. The molecule has 1 aromatic carbocycles. The van der Waals surface area contributed by atoms with Gasteiger partial charge in [-0.1, -0.05) is 24.3 Å². The van der Waals surface area contributed by atoms with Crippen LogP contribution in [-0.4, -0.2) is 37.1 Å². The molecule has 5 heteroatoms. The van der Waals surface area contributed by atoms with E-state index in [1.54, 1.807) is 18.3 Å². The summed E-state index contributed by atoms with van der Waals surface area (Å²) in [6, 6.07) is 11.6. The van der Waals surface area contributed by atoms with Crippen molar-refractivity contribution in [2.75, 3.05) is 26.3 Å². The molecule has 1 aliphatic rings. The maximum absolute atomic E-state index is 12.4. The summed E-state index contributed by atoms with van der Waals surface area (Å²) in [6.45, 7) is 4.93. The summed E-state index contributed by atoms with van der Waals surface area (Å²) in [5.41, 5.74) is 2.73. The van der Waals surface area contributed by atoms with Gasteiger partial charge in [-0.15, -0.1) is 0 Å². The molecule has 2 aromatic rings. The van der Waals surface area contributed by atoms with Crippen molar-refractivity contribution in [3.63, 3.8) is 0 Å². The number of Topliss-reactive ketones (excluding diaryl/α,β-unsaturated/α-hetero) is 1. The Labute approximate surface area is 142 Å². The minimum absolute atomic E-state index is 0.0499. The van der Waals surface area contributed by atoms with Gasteiger partial charge in [-0.2, -0.15) is 0 Å². The molecule has 0 saturated carbocycles. The fourth-order valence-electron chi connectivity index (χ4n) is 2.70. The average Bonchev–Trinajstić information content (AvgIpc) is 2.64. The Hall–Kier alpha value is -2.24. The molecule has 0 bridgehead atoms. The number of morpholine rings is 1. The lowest BCUT2D eigenvalue weighted by Gasteiger charge is -2.24. The zero-order valence-corrected chi connectivity index (χ0v) is 13.8. The number of ketones is 1. The summed E-state index contributed by atoms with van der Waals surface area (Å²) >= 11 is 0. The number of ether oxygens (including phenoxy) is 2. The molecule has 1 atom stereocenters. The topological polar surface area (TPSA) is 60.5 Å². The van der Waals surface area contributed by atoms with Crippen molar-refractivity contribution in [3.05, 3.63) is 59.3 Å². The van der Waals surface area contributed by atoms with Crippen molar-refractivity contribution < 1.29 is 14.3 Å². The Morgan fingerprint density at radius 1 is 1.29 bits per heavy atom. The van der Waals surface area contributed by atoms with E-state index in [2.05, 4.69) is 10.3 Å². The number of nitrogens with one attached hydrogen (secondary N) is 1. The number of carbonyl (C=O) groups is 1. The van der Waals surface area contributed by atoms with Crippen LogP contribution in [0.15, 0.2) is 42.6 Å². The highest BCUT2D eigenvalue weighted by molar-refractivity contribution is 5.97. The highest BCUT2D eigenvalue weighted by atomic mass is 16.5. The van der Waals surface area contributed by atoms with Crippen LogP contribution in [0.3, 0.4) is 0 Å². The molecule has 1 aliphatic heterocycles. The summed E-state index contributed by atoms with van der Waals surface area (Å²) in [4.78, 5) is 16.5. The number of nitrogens with zero attached hydrogens (tertiary/aromatic N) is 1. The second-order valence-corrected chi connectivity index (χ2v) is 5.72. The maximum atomic E-state index is 12.4. The van der Waals surface area contributed by atoms with Crippen molar-refractivity contribution in [2.24, 2.45) is 0 Å². The number of rotatable bonds is 6. The van der Waals surface area contributed by atoms with Gasteiger partial charge in [-0.25, -0.2) is 4.98 Å². The van der Waals surface area contributed by atoms with Crippen molar-refractivity contribution in [1.82, 2.24) is 10.3 Å². The number of pyridine rings is 1. The van der Waals surface area contributed by atoms with Crippen LogP contribution in [0.2, 0.25) is 0 Å². The summed E-state index contributed by atoms with van der Waals surface area (Å²) in [5.74, 6) is 0.591. The Morgan fingerprint density at radius 3 is 2.75 bits per heavy atom. The molecule has 2 heterocycles. The summed E-state index contributed by atoms with van der Waals surface area (Å²) in [5, 5.41) is 3.32. The van der Waals surface area contributed by atoms with E-state index in [-0.39, 0.29) is 11.9 Å². The van der Waals surface area contributed by atoms with E-state index in [1.807, 2.05) is 31.2 Å². The lowest BCUT2D eigenvalue weighted by atomic mass is 10.0. The minimum Gasteiger partial charge on any atom is -0.478 e. The van der Waals surface area contributed by atoms with Crippen LogP contribution in [0, 0.1) is 0 Å². The molecular formula is C19H22N2O3. The van der Waals surface area contributed by atoms with Crippen LogP contribution < -0.4 is 10.1 Å². The Morgan fingerprint density at radius 2 is 2.12 bits per heavy atom. The van der Waals surface area contributed by atoms with E-state index in [0.29, 0.717) is 24.5 Å². The van der Waals surface area contributed by atoms with Gasteiger partial charge in [0.05, 0.1) is 19.3 Å². The van der Waals surface area contributed by atoms with Crippen LogP contribution in [0.4, 0.5) is 0 Å². The maximum Gasteiger partial charge on any atom is 0.213 e. The summed E-state index contributed by atoms with van der Waals surface area (Å²) < 4.78 is 11.0. The third-order valence-corrected chi connectivity index (χ3v) is 3.99. The molecule has 1 saturated heterocycles. The Balaban J connectivity index is 1.61. The number of benzene rings is 1. The molecule has 5 nitrogen and oxygen atoms in total. The monoisotopic (exact) mass is 326 g/mol. The van der Waals surface area contributed by atoms with Crippen LogP contribution in [-0.2, 0) is 11.2 Å². The van der Waals surface area contributed by atoms with E-state index in [9.17, 15) is 4.79 Å². The van der Waals surface area contributed by atoms with E-state index >= 15 is 0 Å². The van der Waals surface area contributed by atoms with Crippen LogP contribution in [0.5, 0.6) is 5.88 Å². The second kappa shape index (κ2) is 8.04. The van der Waals surface area contributed by atoms with Gasteiger partial charge in [0.15, 0.2) is 5.78 Å². The van der Waals surface area contributed by atoms with Gasteiger partial charge in [0.2, 0.25) is 5.88 Å². The largest absolute Gasteiger partial charge is 0.478 e. The van der Waals surface area contributed by atoms with Crippen molar-refractivity contribution >= 4 is 5.78 Å². The number of carbonyl (C=O) groups excluding carboxylic acids is 1. The fraction of sp³-hybridized carbons (Fsp3) is 0.368. The van der Waals surface area contributed by atoms with Crippen molar-refractivity contribution in [3.8, 4) is 5.88 Å². The third kappa shape index (κ3) is 4.19. The molecule has 1 fully saturated rings. The van der Waals surface area contributed by atoms with E-state index in [0.717, 1.165) is 30.8 Å². The highest BCUT2D eigenvalue weighted by Gasteiger charge is 2.15. The first kappa shape index (κ1) is 16.6. The molecule has 0 unspecified atom stereocenters. The molecule has 1 N–H and O–H groups in total. The normalized spacial score (nSPS) is 17.5. The fourth-order valence-corrected chi connectivity index (χ4v) is 2.70. The first-order chi connectivity index (χ1) is 11.8. The van der Waals surface area contributed by atoms with Gasteiger partial charge < -0.3 is 14.8 Å². The highest BCUT2D eigenvalue weighted by Crippen LogP contribution is 2.20. The quantitative estimate of drug-likeness (QED) is 0.827. The molecule has 1 aromatic heterocycles. The lowest BCUT2D eigenvalue weighted by molar-refractivity contribution is 0.0277. The number of aromatic nitrogens is 1. The SMILES string of the molecule is CCOc1ccc(C(=O)Cc2ccc([C@H]3CNCCO3)cc2)cn1.